The lowest BCUT2D eigenvalue weighted by atomic mass is 10.0. The number of sulfonamides is 1. The van der Waals surface area contributed by atoms with Crippen molar-refractivity contribution in [3.05, 3.63) is 93.3 Å². The number of carboxylic acids is 2. The van der Waals surface area contributed by atoms with Crippen LogP contribution in [-0.4, -0.2) is 159 Å². The molecule has 4 aromatic rings. The maximum Gasteiger partial charge on any atom is 0.416 e. The van der Waals surface area contributed by atoms with Gasteiger partial charge in [0.25, 0.3) is 9.05 Å². The zero-order valence-electron chi connectivity index (χ0n) is 63.6. The summed E-state index contributed by atoms with van der Waals surface area (Å²) in [7, 11) is -2.70. The number of nitrogens with zero attached hydrogens (tertiary/aromatic N) is 4. The topological polar surface area (TPSA) is 395 Å². The van der Waals surface area contributed by atoms with Crippen molar-refractivity contribution >= 4 is 89.3 Å². The van der Waals surface area contributed by atoms with Gasteiger partial charge in [-0.2, -0.15) is 4.72 Å². The molecule has 31 heteroatoms. The minimum absolute atomic E-state index is 0.0338. The number of aromatic nitrogens is 2. The van der Waals surface area contributed by atoms with Crippen molar-refractivity contribution in [1.82, 2.24) is 25.3 Å². The minimum Gasteiger partial charge on any atom is -0.494 e. The monoisotopic (exact) mass is 1530 g/mol. The SMILES string of the molecule is CC(C)(C)OC(=O)[C@@H](N)CNC(=O)CCCCc1ccc2c(n1)N(C(=O)OC(C)(C)C)CCC2.Cc1cc(OCCCC(=O)O)cc(C)c1S(=O)(=O)Cl.Cc1cc(OCCCC(=O)O)cc(C)c1S(=O)(=O)N[C@@H](CNC(=O)CCCCc1ccc2c(n1)N(C(=O)OC(C)(C)C)CCC2)C(=O)OC(C)(C)C. The number of nitrogens with two attached hydrogens (primary N) is 1. The summed E-state index contributed by atoms with van der Waals surface area (Å²) in [5.41, 5.74) is 8.49. The molecule has 0 spiro atoms. The maximum atomic E-state index is 13.6. The number of halogens is 1. The fourth-order valence-electron chi connectivity index (χ4n) is 10.9. The first kappa shape index (κ1) is 89.2. The average molecular weight is 1530 g/mol. The highest BCUT2D eigenvalue weighted by molar-refractivity contribution is 8.13. The van der Waals surface area contributed by atoms with E-state index in [9.17, 15) is 55.2 Å². The van der Waals surface area contributed by atoms with E-state index in [0.29, 0.717) is 110 Å². The van der Waals surface area contributed by atoms with Crippen LogP contribution in [0.1, 0.15) is 205 Å². The zero-order chi connectivity index (χ0) is 79.0. The number of anilines is 2. The van der Waals surface area contributed by atoms with Gasteiger partial charge in [-0.3, -0.25) is 38.6 Å². The van der Waals surface area contributed by atoms with Crippen LogP contribution in [0.4, 0.5) is 21.2 Å². The van der Waals surface area contributed by atoms with E-state index in [1.165, 1.54) is 12.1 Å². The molecule has 0 saturated heterocycles. The van der Waals surface area contributed by atoms with E-state index in [1.54, 1.807) is 91.2 Å². The number of rotatable bonds is 30. The minimum atomic E-state index is -4.27. The number of benzene rings is 2. The molecule has 4 heterocycles. The molecule has 2 aromatic carbocycles. The molecule has 2 atom stereocenters. The molecule has 0 fully saturated rings. The summed E-state index contributed by atoms with van der Waals surface area (Å²) >= 11 is 0. The Kier molecular flexibility index (Phi) is 33.9. The molecular formula is C74H109ClN8O20S2. The first-order valence-corrected chi connectivity index (χ1v) is 39.0. The van der Waals surface area contributed by atoms with Crippen molar-refractivity contribution in [1.29, 1.82) is 0 Å². The number of carbonyl (C=O) groups excluding carboxylic acids is 6. The molecule has 4 amide bonds. The highest BCUT2D eigenvalue weighted by Gasteiger charge is 2.34. The summed E-state index contributed by atoms with van der Waals surface area (Å²) < 4.78 is 85.2. The Morgan fingerprint density at radius 3 is 1.27 bits per heavy atom. The fraction of sp³-hybridized carbons (Fsp3) is 0.595. The van der Waals surface area contributed by atoms with Crippen LogP contribution >= 0.6 is 10.7 Å². The van der Waals surface area contributed by atoms with Gasteiger partial charge in [0, 0.05) is 73.9 Å². The van der Waals surface area contributed by atoms with Crippen LogP contribution in [-0.2, 0) is 92.5 Å². The number of amides is 4. The quantitative estimate of drug-likeness (QED) is 0.0122. The molecule has 2 aliphatic heterocycles. The predicted octanol–water partition coefficient (Wildman–Crippen LogP) is 10.9. The van der Waals surface area contributed by atoms with Crippen molar-refractivity contribution in [2.45, 2.75) is 258 Å². The molecular weight excluding hydrogens is 1420 g/mol. The number of aryl methyl sites for hydroxylation is 8. The van der Waals surface area contributed by atoms with Crippen molar-refractivity contribution in [2.75, 3.05) is 49.2 Å². The summed E-state index contributed by atoms with van der Waals surface area (Å²) in [5, 5.41) is 22.7. The van der Waals surface area contributed by atoms with E-state index < -0.39 is 83.5 Å². The Balaban J connectivity index is 0.000000374. The third-order valence-corrected chi connectivity index (χ3v) is 18.7. The summed E-state index contributed by atoms with van der Waals surface area (Å²) in [6.45, 7) is 29.0. The summed E-state index contributed by atoms with van der Waals surface area (Å²) in [5.74, 6) is -1.54. The summed E-state index contributed by atoms with van der Waals surface area (Å²) in [6, 6.07) is 11.8. The number of fused-ring (bicyclic) bond motifs is 2. The second-order valence-electron chi connectivity index (χ2n) is 29.8. The molecule has 584 valence electrons. The number of aliphatic carboxylic acids is 2. The van der Waals surface area contributed by atoms with Crippen molar-refractivity contribution in [2.24, 2.45) is 5.73 Å². The molecule has 28 nitrogen and oxygen atoms in total. The number of hydrogen-bond acceptors (Lipinski definition) is 21. The average Bonchev–Trinajstić information content (AvgIpc) is 0.808. The van der Waals surface area contributed by atoms with Crippen LogP contribution in [0.3, 0.4) is 0 Å². The highest BCUT2D eigenvalue weighted by Crippen LogP contribution is 2.32. The van der Waals surface area contributed by atoms with E-state index in [4.69, 9.17) is 65.0 Å². The van der Waals surface area contributed by atoms with Crippen molar-refractivity contribution in [3.63, 3.8) is 0 Å². The van der Waals surface area contributed by atoms with Gasteiger partial charge >= 0.3 is 36.1 Å². The van der Waals surface area contributed by atoms with Crippen molar-refractivity contribution < 1.29 is 93.8 Å². The van der Waals surface area contributed by atoms with Crippen LogP contribution < -0.4 is 40.4 Å². The van der Waals surface area contributed by atoms with Gasteiger partial charge < -0.3 is 55.0 Å². The Bertz CT molecular complexity index is 3870. The molecule has 7 N–H and O–H groups in total. The summed E-state index contributed by atoms with van der Waals surface area (Å²) in [4.78, 5) is 109. The number of unbranched alkanes of at least 4 members (excludes halogenated alkanes) is 2. The lowest BCUT2D eigenvalue weighted by molar-refractivity contribution is -0.157. The Labute approximate surface area is 622 Å². The lowest BCUT2D eigenvalue weighted by Gasteiger charge is -2.31. The molecule has 0 aliphatic carbocycles. The second kappa shape index (κ2) is 40.0. The van der Waals surface area contributed by atoms with Crippen LogP contribution in [0.15, 0.2) is 58.3 Å². The van der Waals surface area contributed by atoms with E-state index in [-0.39, 0.29) is 73.3 Å². The molecule has 0 radical (unpaired) electrons. The number of nitrogens with one attached hydrogen (secondary N) is 3. The fourth-order valence-corrected chi connectivity index (χ4v) is 14.2. The number of carboxylic acid groups (broad SMARTS) is 2. The van der Waals surface area contributed by atoms with Crippen LogP contribution in [0.5, 0.6) is 11.5 Å². The molecule has 2 aromatic heterocycles. The molecule has 105 heavy (non-hydrogen) atoms. The zero-order valence-corrected chi connectivity index (χ0v) is 66.0. The number of hydrogen-bond donors (Lipinski definition) is 6. The van der Waals surface area contributed by atoms with Crippen molar-refractivity contribution in [3.8, 4) is 11.5 Å². The smallest absolute Gasteiger partial charge is 0.416 e. The van der Waals surface area contributed by atoms with Crippen LogP contribution in [0.25, 0.3) is 0 Å². The van der Waals surface area contributed by atoms with Gasteiger partial charge in [0.05, 0.1) is 23.0 Å². The lowest BCUT2D eigenvalue weighted by Crippen LogP contribution is -2.50. The standard InChI is InChI=1S/C37H54N4O10S.C25H40N4O5.C12H15ClO5S/c1-24-21-28(49-20-12-16-31(43)44)22-25(2)32(24)52(47,48)40-29(34(45)50-36(3,4)5)23-38-30(42)15-10-9-14-27-18-17-26-13-11-19-41(33(26)39-27)35(46)51-37(6,7)8;1-24(2,3)33-22(31)19(26)16-27-20(30)12-8-7-11-18-14-13-17-10-9-15-29(21(17)28-18)23(32)34-25(4,5)6;1-8-6-10(18-5-3-4-11(14)15)7-9(2)12(8)19(13,16)17/h17-18,21-22,29,40H,9-16,19-20,23H2,1-8H3,(H,38,42)(H,43,44);13-14,19H,7-12,15-16,26H2,1-6H3,(H,27,30);6-7H,3-5H2,1-2H3,(H,14,15)/t29-;19-;/m00./s1. The van der Waals surface area contributed by atoms with E-state index in [1.807, 2.05) is 65.8 Å². The van der Waals surface area contributed by atoms with E-state index in [2.05, 4.69) is 15.4 Å². The Morgan fingerprint density at radius 1 is 0.524 bits per heavy atom. The predicted molar refractivity (Wildman–Crippen MR) is 397 cm³/mol. The molecule has 0 saturated carbocycles. The van der Waals surface area contributed by atoms with Gasteiger partial charge in [-0.05, 0) is 258 Å². The molecule has 0 unspecified atom stereocenters. The number of carbonyl (C=O) groups is 8. The van der Waals surface area contributed by atoms with Gasteiger partial charge in [0.1, 0.15) is 57.6 Å². The van der Waals surface area contributed by atoms with Gasteiger partial charge in [0.2, 0.25) is 21.8 Å². The maximum absolute atomic E-state index is 13.6. The Hall–Kier alpha value is -8.19. The van der Waals surface area contributed by atoms with Gasteiger partial charge in [0.15, 0.2) is 0 Å². The highest BCUT2D eigenvalue weighted by atomic mass is 35.7. The first-order chi connectivity index (χ1) is 48.6. The largest absolute Gasteiger partial charge is 0.494 e. The van der Waals surface area contributed by atoms with E-state index in [0.717, 1.165) is 54.6 Å². The third-order valence-electron chi connectivity index (χ3n) is 15.3. The van der Waals surface area contributed by atoms with Gasteiger partial charge in [-0.1, -0.05) is 12.1 Å². The summed E-state index contributed by atoms with van der Waals surface area (Å²) in [6.07, 6.45) is 7.56. The number of esters is 2. The Morgan fingerprint density at radius 2 is 0.895 bits per heavy atom. The normalized spacial score (nSPS) is 13.7. The molecule has 2 aliphatic rings. The third kappa shape index (κ3) is 32.6. The number of ether oxygens (including phenoxy) is 6. The molecule has 6 rings (SSSR count). The van der Waals surface area contributed by atoms with Gasteiger partial charge in [-0.25, -0.2) is 36.4 Å². The van der Waals surface area contributed by atoms with Crippen LogP contribution in [0, 0.1) is 27.7 Å². The second-order valence-corrected chi connectivity index (χ2v) is 34.0. The first-order valence-electron chi connectivity index (χ1n) is 35.2. The van der Waals surface area contributed by atoms with E-state index >= 15 is 0 Å². The molecule has 0 bridgehead atoms. The van der Waals surface area contributed by atoms with Gasteiger partial charge in [-0.15, -0.1) is 0 Å². The number of pyridine rings is 2. The van der Waals surface area contributed by atoms with Crippen LogP contribution in [0.2, 0.25) is 0 Å².